The van der Waals surface area contributed by atoms with Gasteiger partial charge >= 0.3 is 5.63 Å². The minimum atomic E-state index is -0.732. The van der Waals surface area contributed by atoms with Crippen molar-refractivity contribution in [3.63, 3.8) is 0 Å². The Kier molecular flexibility index (Phi) is 7.83. The predicted molar refractivity (Wildman–Crippen MR) is 133 cm³/mol. The SMILES string of the molecule is CCSc1nc(NCCOC)c2cnn(CCNC(=O)c3cc4cccc(OC)c4oc3=O)c2n1. The molecule has 0 radical (unpaired) electrons. The zero-order valence-corrected chi connectivity index (χ0v) is 20.5. The molecule has 0 bridgehead atoms. The summed E-state index contributed by atoms with van der Waals surface area (Å²) >= 11 is 1.53. The van der Waals surface area contributed by atoms with Gasteiger partial charge < -0.3 is 24.5 Å². The Bertz CT molecular complexity index is 1400. The lowest BCUT2D eigenvalue weighted by atomic mass is 10.1. The first-order valence-corrected chi connectivity index (χ1v) is 12.0. The molecule has 3 heterocycles. The van der Waals surface area contributed by atoms with Crippen LogP contribution in [0.25, 0.3) is 22.0 Å². The number of methoxy groups -OCH3 is 2. The lowest BCUT2D eigenvalue weighted by Crippen LogP contribution is -2.31. The number of anilines is 1. The molecule has 0 aliphatic rings. The zero-order valence-electron chi connectivity index (χ0n) is 19.7. The van der Waals surface area contributed by atoms with Crippen LogP contribution in [0.1, 0.15) is 17.3 Å². The Morgan fingerprint density at radius 2 is 2.09 bits per heavy atom. The van der Waals surface area contributed by atoms with Crippen LogP contribution in [0.4, 0.5) is 5.82 Å². The van der Waals surface area contributed by atoms with Crippen LogP contribution in [0.2, 0.25) is 0 Å². The van der Waals surface area contributed by atoms with Gasteiger partial charge in [-0.25, -0.2) is 19.4 Å². The molecular weight excluding hydrogens is 472 g/mol. The van der Waals surface area contributed by atoms with Gasteiger partial charge in [0.1, 0.15) is 11.4 Å². The zero-order chi connectivity index (χ0) is 24.8. The maximum absolute atomic E-state index is 12.7. The van der Waals surface area contributed by atoms with E-state index in [4.69, 9.17) is 13.9 Å². The van der Waals surface area contributed by atoms with Crippen molar-refractivity contribution in [2.24, 2.45) is 0 Å². The first kappa shape index (κ1) is 24.5. The molecule has 2 N–H and O–H groups in total. The Morgan fingerprint density at radius 1 is 1.23 bits per heavy atom. The first-order chi connectivity index (χ1) is 17.0. The molecule has 0 spiro atoms. The molecule has 4 aromatic rings. The summed E-state index contributed by atoms with van der Waals surface area (Å²) in [7, 11) is 3.13. The molecule has 0 saturated carbocycles. The molecule has 0 saturated heterocycles. The molecule has 3 aromatic heterocycles. The average Bonchev–Trinajstić information content (AvgIpc) is 3.26. The van der Waals surface area contributed by atoms with Gasteiger partial charge in [-0.05, 0) is 17.9 Å². The van der Waals surface area contributed by atoms with Crippen LogP contribution in [0.3, 0.4) is 0 Å². The molecule has 1 amide bonds. The largest absolute Gasteiger partial charge is 0.493 e. The van der Waals surface area contributed by atoms with Crippen molar-refractivity contribution in [3.05, 3.63) is 46.4 Å². The van der Waals surface area contributed by atoms with Gasteiger partial charge in [-0.15, -0.1) is 0 Å². The van der Waals surface area contributed by atoms with Gasteiger partial charge in [0.2, 0.25) is 0 Å². The molecule has 35 heavy (non-hydrogen) atoms. The van der Waals surface area contributed by atoms with Crippen LogP contribution in [-0.4, -0.2) is 65.3 Å². The second-order valence-corrected chi connectivity index (χ2v) is 8.63. The summed E-state index contributed by atoms with van der Waals surface area (Å²) in [6, 6.07) is 6.70. The van der Waals surface area contributed by atoms with Crippen molar-refractivity contribution in [1.29, 1.82) is 0 Å². The highest BCUT2D eigenvalue weighted by atomic mass is 32.2. The summed E-state index contributed by atoms with van der Waals surface area (Å²) in [6.45, 7) is 3.75. The van der Waals surface area contributed by atoms with Crippen LogP contribution >= 0.6 is 11.8 Å². The quantitative estimate of drug-likeness (QED) is 0.137. The first-order valence-electron chi connectivity index (χ1n) is 11.0. The van der Waals surface area contributed by atoms with Gasteiger partial charge in [0.25, 0.3) is 5.91 Å². The number of para-hydroxylation sites is 1. The molecule has 0 aliphatic heterocycles. The molecule has 1 aromatic carbocycles. The fraction of sp³-hybridized carbons (Fsp3) is 0.348. The summed E-state index contributed by atoms with van der Waals surface area (Å²) in [6.07, 6.45) is 1.69. The molecule has 0 aliphatic carbocycles. The van der Waals surface area contributed by atoms with E-state index in [1.165, 1.54) is 24.9 Å². The highest BCUT2D eigenvalue weighted by molar-refractivity contribution is 7.99. The summed E-state index contributed by atoms with van der Waals surface area (Å²) < 4.78 is 17.4. The lowest BCUT2D eigenvalue weighted by molar-refractivity contribution is 0.0948. The van der Waals surface area contributed by atoms with Gasteiger partial charge in [-0.3, -0.25) is 4.79 Å². The lowest BCUT2D eigenvalue weighted by Gasteiger charge is -2.10. The van der Waals surface area contributed by atoms with Gasteiger partial charge in [0, 0.05) is 25.6 Å². The number of rotatable bonds is 11. The minimum absolute atomic E-state index is 0.0790. The number of carbonyl (C=O) groups is 1. The second kappa shape index (κ2) is 11.2. The normalized spacial score (nSPS) is 11.2. The smallest absolute Gasteiger partial charge is 0.349 e. The van der Waals surface area contributed by atoms with E-state index in [1.807, 2.05) is 6.92 Å². The van der Waals surface area contributed by atoms with Gasteiger partial charge in [-0.2, -0.15) is 5.10 Å². The number of hydrogen-bond donors (Lipinski definition) is 2. The number of amides is 1. The van der Waals surface area contributed by atoms with Crippen LogP contribution in [0.15, 0.2) is 44.8 Å². The number of benzene rings is 1. The van der Waals surface area contributed by atoms with Gasteiger partial charge in [-0.1, -0.05) is 30.8 Å². The molecule has 12 heteroatoms. The van der Waals surface area contributed by atoms with Gasteiger partial charge in [0.15, 0.2) is 22.1 Å². The summed E-state index contributed by atoms with van der Waals surface area (Å²) in [5.74, 6) is 1.41. The average molecular weight is 499 g/mol. The van der Waals surface area contributed by atoms with Crippen molar-refractivity contribution in [1.82, 2.24) is 25.1 Å². The second-order valence-electron chi connectivity index (χ2n) is 7.39. The fourth-order valence-corrected chi connectivity index (χ4v) is 4.07. The van der Waals surface area contributed by atoms with Crippen LogP contribution in [0, 0.1) is 0 Å². The molecule has 0 fully saturated rings. The maximum atomic E-state index is 12.7. The van der Waals surface area contributed by atoms with E-state index in [0.717, 1.165) is 11.1 Å². The molecule has 0 atom stereocenters. The number of hydrogen-bond acceptors (Lipinski definition) is 10. The molecule has 11 nitrogen and oxygen atoms in total. The van der Waals surface area contributed by atoms with E-state index < -0.39 is 11.5 Å². The van der Waals surface area contributed by atoms with Crippen molar-refractivity contribution < 1.29 is 18.7 Å². The third-order valence-corrected chi connectivity index (χ3v) is 5.87. The third-order valence-electron chi connectivity index (χ3n) is 5.15. The molecular formula is C23H26N6O5S. The third kappa shape index (κ3) is 5.38. The standard InChI is InChI=1S/C23H26N6O5S/c1-4-35-23-27-19(24-9-11-32-2)16-13-26-29(20(16)28-23)10-8-25-21(30)15-12-14-6-5-7-17(33-3)18(14)34-22(15)31/h5-7,12-13H,4,8-11H2,1-3H3,(H,25,30)(H,24,27,28). The number of nitrogens with zero attached hydrogens (tertiary/aromatic N) is 4. The monoisotopic (exact) mass is 498 g/mol. The highest BCUT2D eigenvalue weighted by Crippen LogP contribution is 2.25. The number of thioether (sulfide) groups is 1. The van der Waals surface area contributed by atoms with E-state index in [2.05, 4.69) is 25.7 Å². The number of ether oxygens (including phenoxy) is 2. The van der Waals surface area contributed by atoms with Crippen molar-refractivity contribution in [2.45, 2.75) is 18.6 Å². The van der Waals surface area contributed by atoms with Crippen LogP contribution in [0.5, 0.6) is 5.75 Å². The minimum Gasteiger partial charge on any atom is -0.493 e. The van der Waals surface area contributed by atoms with E-state index in [0.29, 0.717) is 53.0 Å². The molecule has 184 valence electrons. The van der Waals surface area contributed by atoms with Crippen molar-refractivity contribution in [3.8, 4) is 5.75 Å². The Morgan fingerprint density at radius 3 is 2.86 bits per heavy atom. The van der Waals surface area contributed by atoms with E-state index >= 15 is 0 Å². The van der Waals surface area contributed by atoms with Crippen LogP contribution < -0.4 is 21.0 Å². The van der Waals surface area contributed by atoms with Crippen molar-refractivity contribution >= 4 is 45.5 Å². The summed E-state index contributed by atoms with van der Waals surface area (Å²) in [5.41, 5.74) is 0.145. The van der Waals surface area contributed by atoms with Crippen molar-refractivity contribution in [2.75, 3.05) is 45.0 Å². The van der Waals surface area contributed by atoms with Crippen LogP contribution in [-0.2, 0) is 11.3 Å². The fourth-order valence-electron chi connectivity index (χ4n) is 3.51. The number of aromatic nitrogens is 4. The Labute approximate surface area is 205 Å². The maximum Gasteiger partial charge on any atom is 0.349 e. The van der Waals surface area contributed by atoms with E-state index in [-0.39, 0.29) is 12.1 Å². The molecule has 4 rings (SSSR count). The predicted octanol–water partition coefficient (Wildman–Crippen LogP) is 2.54. The van der Waals surface area contributed by atoms with E-state index in [9.17, 15) is 9.59 Å². The number of nitrogens with one attached hydrogen (secondary N) is 2. The Balaban J connectivity index is 1.50. The summed E-state index contributed by atoms with van der Waals surface area (Å²) in [4.78, 5) is 34.3. The van der Waals surface area contributed by atoms with Gasteiger partial charge in [0.05, 0.1) is 31.8 Å². The van der Waals surface area contributed by atoms with E-state index in [1.54, 1.807) is 36.2 Å². The molecule has 0 unspecified atom stereocenters. The summed E-state index contributed by atoms with van der Waals surface area (Å²) in [5, 5.41) is 12.4. The number of fused-ring (bicyclic) bond motifs is 2. The highest BCUT2D eigenvalue weighted by Gasteiger charge is 2.17. The topological polar surface area (TPSA) is 133 Å². The number of carbonyl (C=O) groups excluding carboxylic acids is 1. The Hall–Kier alpha value is -3.64.